The van der Waals surface area contributed by atoms with Crippen LogP contribution in [0.5, 0.6) is 11.5 Å². The highest BCUT2D eigenvalue weighted by Crippen LogP contribution is 2.33. The van der Waals surface area contributed by atoms with Crippen LogP contribution in [-0.2, 0) is 11.4 Å². The molecular weight excluding hydrogens is 352 g/mol. The van der Waals surface area contributed by atoms with Crippen molar-refractivity contribution in [3.05, 3.63) is 64.9 Å². The van der Waals surface area contributed by atoms with Gasteiger partial charge < -0.3 is 24.7 Å². The maximum absolute atomic E-state index is 11.7. The second kappa shape index (κ2) is 7.61. The average Bonchev–Trinajstić information content (AvgIpc) is 2.97. The number of hydrogen-bond donors (Lipinski definition) is 2. The Morgan fingerprint density at radius 1 is 1.11 bits per heavy atom. The molecular formula is C19H15N2O6-. The van der Waals surface area contributed by atoms with Crippen molar-refractivity contribution in [3.8, 4) is 11.5 Å². The normalized spacial score (nSPS) is 14.6. The summed E-state index contributed by atoms with van der Waals surface area (Å²) in [7, 11) is 1.48. The summed E-state index contributed by atoms with van der Waals surface area (Å²) >= 11 is 0. The zero-order chi connectivity index (χ0) is 19.4. The number of aromatic carboxylic acids is 1. The molecule has 1 fully saturated rings. The van der Waals surface area contributed by atoms with Crippen molar-refractivity contribution in [2.75, 3.05) is 7.11 Å². The molecule has 138 valence electrons. The predicted octanol–water partition coefficient (Wildman–Crippen LogP) is 0.818. The number of carbonyl (C=O) groups excluding carboxylic acids is 3. The summed E-state index contributed by atoms with van der Waals surface area (Å²) in [6, 6.07) is 10.6. The molecule has 1 aliphatic heterocycles. The van der Waals surface area contributed by atoms with Crippen LogP contribution in [0.1, 0.15) is 21.5 Å². The van der Waals surface area contributed by atoms with Crippen molar-refractivity contribution in [2.45, 2.75) is 6.61 Å². The summed E-state index contributed by atoms with van der Waals surface area (Å²) in [4.78, 5) is 33.8. The average molecular weight is 367 g/mol. The summed E-state index contributed by atoms with van der Waals surface area (Å²) in [5.74, 6) is -0.963. The van der Waals surface area contributed by atoms with Crippen LogP contribution < -0.4 is 25.2 Å². The van der Waals surface area contributed by atoms with Crippen LogP contribution in [0.2, 0.25) is 0 Å². The number of methoxy groups -OCH3 is 1. The minimum atomic E-state index is -1.25. The van der Waals surface area contributed by atoms with Crippen LogP contribution in [0.4, 0.5) is 4.79 Å². The lowest BCUT2D eigenvalue weighted by molar-refractivity contribution is -0.255. The zero-order valence-electron chi connectivity index (χ0n) is 14.3. The van der Waals surface area contributed by atoms with E-state index in [1.165, 1.54) is 25.3 Å². The number of carbonyl (C=O) groups is 3. The number of imide groups is 1. The number of para-hydroxylation sites is 1. The molecule has 0 unspecified atom stereocenters. The molecule has 1 aliphatic rings. The van der Waals surface area contributed by atoms with E-state index in [0.717, 1.165) is 5.56 Å². The Balaban J connectivity index is 1.85. The van der Waals surface area contributed by atoms with Crippen LogP contribution in [-0.4, -0.2) is 25.0 Å². The van der Waals surface area contributed by atoms with E-state index >= 15 is 0 Å². The number of ether oxygens (including phenoxy) is 2. The molecule has 27 heavy (non-hydrogen) atoms. The van der Waals surface area contributed by atoms with Crippen LogP contribution in [0.15, 0.2) is 48.2 Å². The number of nitrogens with one attached hydrogen (secondary N) is 2. The molecule has 3 rings (SSSR count). The second-order valence-corrected chi connectivity index (χ2v) is 5.62. The highest BCUT2D eigenvalue weighted by Gasteiger charge is 2.23. The Labute approximate surface area is 154 Å². The monoisotopic (exact) mass is 367 g/mol. The van der Waals surface area contributed by atoms with E-state index in [-0.39, 0.29) is 17.9 Å². The lowest BCUT2D eigenvalue weighted by atomic mass is 10.1. The van der Waals surface area contributed by atoms with E-state index in [2.05, 4.69) is 10.6 Å². The molecule has 1 saturated heterocycles. The van der Waals surface area contributed by atoms with Gasteiger partial charge in [0.2, 0.25) is 0 Å². The van der Waals surface area contributed by atoms with Gasteiger partial charge in [0.05, 0.1) is 13.1 Å². The number of carboxylic acid groups (broad SMARTS) is 1. The van der Waals surface area contributed by atoms with E-state index < -0.39 is 17.9 Å². The first-order valence-electron chi connectivity index (χ1n) is 7.92. The SMILES string of the molecule is COc1cccc(/C=C2\NC(=O)NC2=O)c1OCc1ccc(C(=O)[O-])cc1. The van der Waals surface area contributed by atoms with Gasteiger partial charge in [-0.15, -0.1) is 0 Å². The molecule has 0 bridgehead atoms. The van der Waals surface area contributed by atoms with Crippen molar-refractivity contribution in [3.63, 3.8) is 0 Å². The van der Waals surface area contributed by atoms with Gasteiger partial charge in [0.1, 0.15) is 12.3 Å². The molecule has 1 heterocycles. The molecule has 2 aromatic carbocycles. The maximum Gasteiger partial charge on any atom is 0.326 e. The van der Waals surface area contributed by atoms with E-state index in [1.54, 1.807) is 30.3 Å². The predicted molar refractivity (Wildman–Crippen MR) is 92.7 cm³/mol. The number of urea groups is 1. The number of rotatable bonds is 6. The number of benzene rings is 2. The van der Waals surface area contributed by atoms with Gasteiger partial charge in [-0.1, -0.05) is 36.4 Å². The number of amides is 3. The van der Waals surface area contributed by atoms with Crippen molar-refractivity contribution in [1.29, 1.82) is 0 Å². The summed E-state index contributed by atoms with van der Waals surface area (Å²) in [6.07, 6.45) is 1.48. The first-order chi connectivity index (χ1) is 13.0. The molecule has 2 aromatic rings. The topological polar surface area (TPSA) is 117 Å². The minimum absolute atomic E-state index is 0.0736. The van der Waals surface area contributed by atoms with E-state index in [4.69, 9.17) is 9.47 Å². The Morgan fingerprint density at radius 3 is 2.44 bits per heavy atom. The largest absolute Gasteiger partial charge is 0.545 e. The van der Waals surface area contributed by atoms with Gasteiger partial charge in [-0.25, -0.2) is 4.79 Å². The second-order valence-electron chi connectivity index (χ2n) is 5.62. The molecule has 0 spiro atoms. The maximum atomic E-state index is 11.7. The van der Waals surface area contributed by atoms with Gasteiger partial charge in [0.25, 0.3) is 5.91 Å². The van der Waals surface area contributed by atoms with E-state index in [9.17, 15) is 19.5 Å². The molecule has 0 radical (unpaired) electrons. The molecule has 0 aliphatic carbocycles. The Hall–Kier alpha value is -3.81. The van der Waals surface area contributed by atoms with Gasteiger partial charge in [0.15, 0.2) is 11.5 Å². The van der Waals surface area contributed by atoms with Crippen LogP contribution in [0.25, 0.3) is 6.08 Å². The fourth-order valence-electron chi connectivity index (χ4n) is 2.49. The zero-order valence-corrected chi connectivity index (χ0v) is 14.3. The summed E-state index contributed by atoms with van der Waals surface area (Å²) in [6.45, 7) is 0.141. The Morgan fingerprint density at radius 2 is 1.85 bits per heavy atom. The first kappa shape index (κ1) is 18.0. The van der Waals surface area contributed by atoms with Gasteiger partial charge >= 0.3 is 6.03 Å². The summed E-state index contributed by atoms with van der Waals surface area (Å²) < 4.78 is 11.2. The van der Waals surface area contributed by atoms with Crippen molar-refractivity contribution < 1.29 is 29.0 Å². The molecule has 0 aromatic heterocycles. The highest BCUT2D eigenvalue weighted by molar-refractivity contribution is 6.14. The minimum Gasteiger partial charge on any atom is -0.545 e. The molecule has 2 N–H and O–H groups in total. The van der Waals surface area contributed by atoms with Gasteiger partial charge in [0, 0.05) is 5.56 Å². The van der Waals surface area contributed by atoms with Crippen molar-refractivity contribution in [1.82, 2.24) is 10.6 Å². The van der Waals surface area contributed by atoms with Gasteiger partial charge in [-0.3, -0.25) is 10.1 Å². The fraction of sp³-hybridized carbons (Fsp3) is 0.105. The Kier molecular flexibility index (Phi) is 5.07. The third kappa shape index (κ3) is 4.06. The third-order valence-electron chi connectivity index (χ3n) is 3.82. The molecule has 8 nitrogen and oxygen atoms in total. The van der Waals surface area contributed by atoms with Gasteiger partial charge in [-0.05, 0) is 23.3 Å². The molecule has 0 atom stereocenters. The van der Waals surface area contributed by atoms with Gasteiger partial charge in [-0.2, -0.15) is 0 Å². The van der Waals surface area contributed by atoms with Crippen LogP contribution >= 0.6 is 0 Å². The third-order valence-corrected chi connectivity index (χ3v) is 3.82. The van der Waals surface area contributed by atoms with Crippen LogP contribution in [0, 0.1) is 0 Å². The standard InChI is InChI=1S/C19H16N2O6/c1-26-15-4-2-3-13(9-14-17(22)21-19(25)20-14)16(15)27-10-11-5-7-12(8-6-11)18(23)24/h2-9H,10H2,1H3,(H,23,24)(H2,20,21,22,25)/p-1/b14-9-. The summed E-state index contributed by atoms with van der Waals surface area (Å²) in [5, 5.41) is 15.3. The quantitative estimate of drug-likeness (QED) is 0.577. The molecule has 8 heteroatoms. The lowest BCUT2D eigenvalue weighted by Gasteiger charge is -2.14. The number of hydrogen-bond acceptors (Lipinski definition) is 6. The lowest BCUT2D eigenvalue weighted by Crippen LogP contribution is -2.22. The van der Waals surface area contributed by atoms with E-state index in [1.807, 2.05) is 0 Å². The molecule has 3 amide bonds. The number of carboxylic acids is 1. The highest BCUT2D eigenvalue weighted by atomic mass is 16.5. The van der Waals surface area contributed by atoms with Crippen molar-refractivity contribution in [2.24, 2.45) is 0 Å². The van der Waals surface area contributed by atoms with E-state index in [0.29, 0.717) is 17.1 Å². The summed E-state index contributed by atoms with van der Waals surface area (Å²) in [5.41, 5.74) is 1.44. The van der Waals surface area contributed by atoms with Crippen LogP contribution in [0.3, 0.4) is 0 Å². The fourth-order valence-corrected chi connectivity index (χ4v) is 2.49. The first-order valence-corrected chi connectivity index (χ1v) is 7.92. The Bertz CT molecular complexity index is 934. The molecule has 0 saturated carbocycles. The smallest absolute Gasteiger partial charge is 0.326 e. The van der Waals surface area contributed by atoms with Crippen molar-refractivity contribution >= 4 is 24.0 Å².